The Bertz CT molecular complexity index is 392. The summed E-state index contributed by atoms with van der Waals surface area (Å²) in [7, 11) is 1.86. The molecule has 1 rings (SSSR count). The van der Waals surface area contributed by atoms with Gasteiger partial charge in [0.05, 0.1) is 5.56 Å². The van der Waals surface area contributed by atoms with Gasteiger partial charge in [-0.15, -0.1) is 0 Å². The van der Waals surface area contributed by atoms with Gasteiger partial charge in [0.15, 0.2) is 0 Å². The molecular formula is C11H16N2O2. The zero-order chi connectivity index (χ0) is 11.4. The molecule has 0 radical (unpaired) electrons. The number of rotatable bonds is 4. The van der Waals surface area contributed by atoms with E-state index in [2.05, 4.69) is 10.3 Å². The van der Waals surface area contributed by atoms with Crippen molar-refractivity contribution in [3.8, 4) is 0 Å². The van der Waals surface area contributed by atoms with Crippen LogP contribution >= 0.6 is 0 Å². The summed E-state index contributed by atoms with van der Waals surface area (Å²) in [5.74, 6) is -0.880. The minimum atomic E-state index is -0.880. The van der Waals surface area contributed by atoms with Gasteiger partial charge in [-0.1, -0.05) is 6.08 Å². The maximum absolute atomic E-state index is 10.9. The predicted molar refractivity (Wildman–Crippen MR) is 60.2 cm³/mol. The molecule has 0 unspecified atom stereocenters. The van der Waals surface area contributed by atoms with E-state index in [4.69, 9.17) is 5.11 Å². The fourth-order valence-corrected chi connectivity index (χ4v) is 1.56. The number of aromatic amines is 1. The monoisotopic (exact) mass is 208 g/mol. The van der Waals surface area contributed by atoms with Crippen LogP contribution in [0.25, 0.3) is 6.08 Å². The summed E-state index contributed by atoms with van der Waals surface area (Å²) in [5, 5.41) is 12.0. The Morgan fingerprint density at radius 1 is 1.53 bits per heavy atom. The lowest BCUT2D eigenvalue weighted by molar-refractivity contribution is 0.0695. The average Bonchev–Trinajstić information content (AvgIpc) is 2.42. The normalized spacial score (nSPS) is 11.1. The summed E-state index contributed by atoms with van der Waals surface area (Å²) in [5.41, 5.74) is 2.72. The minimum Gasteiger partial charge on any atom is -0.478 e. The first-order valence-electron chi connectivity index (χ1n) is 4.81. The molecule has 1 aromatic rings. The van der Waals surface area contributed by atoms with Crippen LogP contribution in [0.1, 0.15) is 27.3 Å². The van der Waals surface area contributed by atoms with Crippen molar-refractivity contribution in [1.29, 1.82) is 0 Å². The molecule has 3 N–H and O–H groups in total. The van der Waals surface area contributed by atoms with Crippen molar-refractivity contribution in [2.45, 2.75) is 13.8 Å². The number of aromatic nitrogens is 1. The van der Waals surface area contributed by atoms with E-state index in [1.165, 1.54) is 0 Å². The molecule has 15 heavy (non-hydrogen) atoms. The van der Waals surface area contributed by atoms with Crippen LogP contribution in [0, 0.1) is 13.8 Å². The van der Waals surface area contributed by atoms with Crippen molar-refractivity contribution in [1.82, 2.24) is 10.3 Å². The molecule has 0 bridgehead atoms. The van der Waals surface area contributed by atoms with Crippen molar-refractivity contribution < 1.29 is 9.90 Å². The van der Waals surface area contributed by atoms with Crippen LogP contribution in [-0.4, -0.2) is 29.7 Å². The molecule has 0 saturated heterocycles. The van der Waals surface area contributed by atoms with Gasteiger partial charge < -0.3 is 15.4 Å². The molecule has 0 fully saturated rings. The fraction of sp³-hybridized carbons (Fsp3) is 0.364. The SMILES string of the molecule is CNCC=Cc1[nH]c(C)c(C(=O)O)c1C. The molecule has 4 heteroatoms. The van der Waals surface area contributed by atoms with Crippen LogP contribution in [-0.2, 0) is 0 Å². The number of hydrogen-bond acceptors (Lipinski definition) is 2. The van der Waals surface area contributed by atoms with Crippen molar-refractivity contribution in [3.05, 3.63) is 28.6 Å². The quantitative estimate of drug-likeness (QED) is 0.703. The molecule has 1 heterocycles. The Labute approximate surface area is 89.0 Å². The molecule has 0 saturated carbocycles. The first-order valence-corrected chi connectivity index (χ1v) is 4.81. The number of aromatic carboxylic acids is 1. The van der Waals surface area contributed by atoms with E-state index >= 15 is 0 Å². The Hall–Kier alpha value is -1.55. The number of carbonyl (C=O) groups is 1. The van der Waals surface area contributed by atoms with E-state index in [1.54, 1.807) is 6.92 Å². The van der Waals surface area contributed by atoms with Crippen LogP contribution in [0.15, 0.2) is 6.08 Å². The molecular weight excluding hydrogens is 192 g/mol. The molecule has 0 aliphatic carbocycles. The van der Waals surface area contributed by atoms with E-state index in [-0.39, 0.29) is 0 Å². The van der Waals surface area contributed by atoms with Crippen molar-refractivity contribution >= 4 is 12.0 Å². The lowest BCUT2D eigenvalue weighted by atomic mass is 10.1. The molecule has 0 atom stereocenters. The van der Waals surface area contributed by atoms with Crippen molar-refractivity contribution in [3.63, 3.8) is 0 Å². The van der Waals surface area contributed by atoms with Crippen molar-refractivity contribution in [2.75, 3.05) is 13.6 Å². The van der Waals surface area contributed by atoms with Crippen LogP contribution in [0.2, 0.25) is 0 Å². The summed E-state index contributed by atoms with van der Waals surface area (Å²) >= 11 is 0. The van der Waals surface area contributed by atoms with Gasteiger partial charge in [0, 0.05) is 17.9 Å². The summed E-state index contributed by atoms with van der Waals surface area (Å²) in [6.45, 7) is 4.35. The van der Waals surface area contributed by atoms with Crippen LogP contribution in [0.5, 0.6) is 0 Å². The number of nitrogens with one attached hydrogen (secondary N) is 2. The van der Waals surface area contributed by atoms with Gasteiger partial charge in [0.2, 0.25) is 0 Å². The Kier molecular flexibility index (Phi) is 3.68. The third-order valence-corrected chi connectivity index (χ3v) is 2.30. The second kappa shape index (κ2) is 4.79. The zero-order valence-electron chi connectivity index (χ0n) is 9.22. The second-order valence-electron chi connectivity index (χ2n) is 3.43. The number of carboxylic acids is 1. The summed E-state index contributed by atoms with van der Waals surface area (Å²) in [4.78, 5) is 14.0. The predicted octanol–water partition coefficient (Wildman–Crippen LogP) is 1.56. The maximum atomic E-state index is 10.9. The number of aryl methyl sites for hydroxylation is 1. The summed E-state index contributed by atoms with van der Waals surface area (Å²) < 4.78 is 0. The standard InChI is InChI=1S/C11H16N2O2/c1-7-9(5-4-6-12-3)13-8(2)10(7)11(14)15/h4-5,12-13H,6H2,1-3H3,(H,14,15). The second-order valence-corrected chi connectivity index (χ2v) is 3.43. The lowest BCUT2D eigenvalue weighted by Crippen LogP contribution is -2.03. The highest BCUT2D eigenvalue weighted by molar-refractivity contribution is 5.92. The van der Waals surface area contributed by atoms with E-state index in [1.807, 2.05) is 26.1 Å². The van der Waals surface area contributed by atoms with Gasteiger partial charge in [-0.3, -0.25) is 0 Å². The van der Waals surface area contributed by atoms with Gasteiger partial charge in [-0.05, 0) is 32.5 Å². The maximum Gasteiger partial charge on any atom is 0.337 e. The highest BCUT2D eigenvalue weighted by Gasteiger charge is 2.15. The van der Waals surface area contributed by atoms with E-state index in [0.717, 1.165) is 17.8 Å². The average molecular weight is 208 g/mol. The van der Waals surface area contributed by atoms with Crippen LogP contribution in [0.3, 0.4) is 0 Å². The summed E-state index contributed by atoms with van der Waals surface area (Å²) in [6.07, 6.45) is 3.84. The molecule has 82 valence electrons. The number of H-pyrrole nitrogens is 1. The third-order valence-electron chi connectivity index (χ3n) is 2.30. The smallest absolute Gasteiger partial charge is 0.337 e. The number of hydrogen-bond donors (Lipinski definition) is 3. The molecule has 0 spiro atoms. The van der Waals surface area contributed by atoms with E-state index < -0.39 is 5.97 Å². The molecule has 0 aliphatic heterocycles. The van der Waals surface area contributed by atoms with Gasteiger partial charge in [-0.2, -0.15) is 0 Å². The van der Waals surface area contributed by atoms with E-state index in [0.29, 0.717) is 11.3 Å². The van der Waals surface area contributed by atoms with Gasteiger partial charge in [-0.25, -0.2) is 4.79 Å². The molecule has 1 aromatic heterocycles. The van der Waals surface area contributed by atoms with Crippen LogP contribution < -0.4 is 5.32 Å². The lowest BCUT2D eigenvalue weighted by Gasteiger charge is -1.94. The molecule has 4 nitrogen and oxygen atoms in total. The Balaban J connectivity index is 3.01. The number of carboxylic acid groups (broad SMARTS) is 1. The van der Waals surface area contributed by atoms with Gasteiger partial charge in [0.25, 0.3) is 0 Å². The topological polar surface area (TPSA) is 65.1 Å². The molecule has 0 aromatic carbocycles. The first kappa shape index (κ1) is 11.5. The molecule has 0 aliphatic rings. The first-order chi connectivity index (χ1) is 7.07. The van der Waals surface area contributed by atoms with Gasteiger partial charge >= 0.3 is 5.97 Å². The highest BCUT2D eigenvalue weighted by atomic mass is 16.4. The van der Waals surface area contributed by atoms with Gasteiger partial charge in [0.1, 0.15) is 0 Å². The fourth-order valence-electron chi connectivity index (χ4n) is 1.56. The minimum absolute atomic E-state index is 0.374. The Morgan fingerprint density at radius 3 is 2.67 bits per heavy atom. The highest BCUT2D eigenvalue weighted by Crippen LogP contribution is 2.18. The van der Waals surface area contributed by atoms with Crippen LogP contribution in [0.4, 0.5) is 0 Å². The van der Waals surface area contributed by atoms with Crippen molar-refractivity contribution in [2.24, 2.45) is 0 Å². The summed E-state index contributed by atoms with van der Waals surface area (Å²) in [6, 6.07) is 0. The van der Waals surface area contributed by atoms with E-state index in [9.17, 15) is 4.79 Å². The molecule has 0 amide bonds. The third kappa shape index (κ3) is 2.47. The zero-order valence-corrected chi connectivity index (χ0v) is 9.22. The number of likely N-dealkylation sites (N-methyl/N-ethyl adjacent to an activating group) is 1. The largest absolute Gasteiger partial charge is 0.478 e. The Morgan fingerprint density at radius 2 is 2.20 bits per heavy atom.